The molecule has 0 saturated carbocycles. The first-order valence-electron chi connectivity index (χ1n) is 9.37. The Balaban J connectivity index is 1.29. The standard InChI is InChI=1S/C20H20ClN5O3/c1-13-10-15(2-3-16(13)21)28-12-18(27)26-8-4-14(5-9-26)19-24-20(29-25-19)17-11-22-6-7-23-17/h2-3,6-7,10-11,14H,4-5,8-9,12H2,1H3. The maximum atomic E-state index is 12.5. The third-order valence-corrected chi connectivity index (χ3v) is 5.35. The summed E-state index contributed by atoms with van der Waals surface area (Å²) >= 11 is 6.01. The molecule has 1 aliphatic heterocycles. The Morgan fingerprint density at radius 1 is 1.31 bits per heavy atom. The van der Waals surface area contributed by atoms with Crippen LogP contribution in [0.25, 0.3) is 11.6 Å². The molecule has 0 N–H and O–H groups in total. The highest BCUT2D eigenvalue weighted by molar-refractivity contribution is 6.31. The molecule has 3 aromatic rings. The molecule has 0 bridgehead atoms. The number of piperidine rings is 1. The van der Waals surface area contributed by atoms with Crippen LogP contribution in [0.15, 0.2) is 41.3 Å². The molecule has 1 fully saturated rings. The fourth-order valence-electron chi connectivity index (χ4n) is 3.24. The lowest BCUT2D eigenvalue weighted by atomic mass is 9.96. The van der Waals surface area contributed by atoms with Crippen LogP contribution in [-0.4, -0.2) is 50.6 Å². The lowest BCUT2D eigenvalue weighted by Gasteiger charge is -2.30. The maximum Gasteiger partial charge on any atom is 0.278 e. The second-order valence-electron chi connectivity index (χ2n) is 6.90. The van der Waals surface area contributed by atoms with Crippen molar-refractivity contribution in [1.29, 1.82) is 0 Å². The number of halogens is 1. The summed E-state index contributed by atoms with van der Waals surface area (Å²) in [5.41, 5.74) is 1.46. The summed E-state index contributed by atoms with van der Waals surface area (Å²) in [5, 5.41) is 4.76. The van der Waals surface area contributed by atoms with E-state index in [1.165, 1.54) is 0 Å². The van der Waals surface area contributed by atoms with Crippen LogP contribution in [0, 0.1) is 6.92 Å². The van der Waals surface area contributed by atoms with Gasteiger partial charge in [0.1, 0.15) is 11.4 Å². The number of carbonyl (C=O) groups excluding carboxylic acids is 1. The van der Waals surface area contributed by atoms with Crippen LogP contribution in [0.1, 0.15) is 30.1 Å². The average Bonchev–Trinajstić information content (AvgIpc) is 3.25. The first-order chi connectivity index (χ1) is 14.1. The molecule has 8 nitrogen and oxygen atoms in total. The summed E-state index contributed by atoms with van der Waals surface area (Å²) in [7, 11) is 0. The van der Waals surface area contributed by atoms with E-state index in [-0.39, 0.29) is 18.4 Å². The van der Waals surface area contributed by atoms with E-state index in [9.17, 15) is 4.79 Å². The lowest BCUT2D eigenvalue weighted by molar-refractivity contribution is -0.134. The molecule has 9 heteroatoms. The number of likely N-dealkylation sites (tertiary alicyclic amines) is 1. The van der Waals surface area contributed by atoms with Gasteiger partial charge in [-0.05, 0) is 43.5 Å². The van der Waals surface area contributed by atoms with E-state index in [0.717, 1.165) is 18.4 Å². The summed E-state index contributed by atoms with van der Waals surface area (Å²) in [6, 6.07) is 5.36. The van der Waals surface area contributed by atoms with Crippen molar-refractivity contribution >= 4 is 17.5 Å². The van der Waals surface area contributed by atoms with Crippen LogP contribution in [0.4, 0.5) is 0 Å². The van der Waals surface area contributed by atoms with Gasteiger partial charge in [0, 0.05) is 36.4 Å². The molecule has 1 aliphatic rings. The minimum Gasteiger partial charge on any atom is -0.484 e. The van der Waals surface area contributed by atoms with Crippen LogP contribution in [-0.2, 0) is 4.79 Å². The maximum absolute atomic E-state index is 12.5. The number of amides is 1. The van der Waals surface area contributed by atoms with E-state index in [0.29, 0.717) is 41.3 Å². The summed E-state index contributed by atoms with van der Waals surface area (Å²) in [6.45, 7) is 3.16. The molecule has 29 heavy (non-hydrogen) atoms. The van der Waals surface area contributed by atoms with Gasteiger partial charge in [-0.3, -0.25) is 9.78 Å². The Morgan fingerprint density at radius 3 is 2.86 bits per heavy atom. The fraction of sp³-hybridized carbons (Fsp3) is 0.350. The summed E-state index contributed by atoms with van der Waals surface area (Å²) in [6.07, 6.45) is 6.29. The SMILES string of the molecule is Cc1cc(OCC(=O)N2CCC(c3noc(-c4cnccn4)n3)CC2)ccc1Cl. The van der Waals surface area contributed by atoms with Gasteiger partial charge in [-0.15, -0.1) is 0 Å². The largest absolute Gasteiger partial charge is 0.484 e. The van der Waals surface area contributed by atoms with Gasteiger partial charge in [0.25, 0.3) is 11.8 Å². The van der Waals surface area contributed by atoms with Gasteiger partial charge in [0.05, 0.1) is 6.20 Å². The topological polar surface area (TPSA) is 94.2 Å². The summed E-state index contributed by atoms with van der Waals surface area (Å²) in [5.74, 6) is 1.75. The van der Waals surface area contributed by atoms with E-state index in [1.807, 2.05) is 17.9 Å². The number of benzene rings is 1. The van der Waals surface area contributed by atoms with Gasteiger partial charge in [-0.2, -0.15) is 4.98 Å². The van der Waals surface area contributed by atoms with E-state index >= 15 is 0 Å². The molecule has 150 valence electrons. The number of ether oxygens (including phenoxy) is 1. The molecule has 3 heterocycles. The van der Waals surface area contributed by atoms with Crippen LogP contribution in [0.2, 0.25) is 5.02 Å². The van der Waals surface area contributed by atoms with Crippen LogP contribution >= 0.6 is 11.6 Å². The molecule has 2 aromatic heterocycles. The van der Waals surface area contributed by atoms with Crippen molar-refractivity contribution in [1.82, 2.24) is 25.0 Å². The number of rotatable bonds is 5. The molecule has 0 atom stereocenters. The molecule has 0 unspecified atom stereocenters. The molecule has 1 saturated heterocycles. The lowest BCUT2D eigenvalue weighted by Crippen LogP contribution is -2.40. The number of aryl methyl sites for hydroxylation is 1. The second kappa shape index (κ2) is 8.57. The van der Waals surface area contributed by atoms with E-state index < -0.39 is 0 Å². The van der Waals surface area contributed by atoms with Crippen molar-refractivity contribution in [3.8, 4) is 17.3 Å². The van der Waals surface area contributed by atoms with Gasteiger partial charge in [0.15, 0.2) is 12.4 Å². The van der Waals surface area contributed by atoms with Gasteiger partial charge < -0.3 is 14.2 Å². The average molecular weight is 414 g/mol. The second-order valence-corrected chi connectivity index (χ2v) is 7.31. The highest BCUT2D eigenvalue weighted by Crippen LogP contribution is 2.27. The predicted molar refractivity (Wildman–Crippen MR) is 106 cm³/mol. The van der Waals surface area contributed by atoms with Gasteiger partial charge >= 0.3 is 0 Å². The Kier molecular flexibility index (Phi) is 5.71. The van der Waals surface area contributed by atoms with Crippen molar-refractivity contribution in [2.24, 2.45) is 0 Å². The molecule has 0 radical (unpaired) electrons. The molecule has 0 spiro atoms. The zero-order valence-electron chi connectivity index (χ0n) is 15.9. The zero-order chi connectivity index (χ0) is 20.2. The third-order valence-electron chi connectivity index (χ3n) is 4.93. The van der Waals surface area contributed by atoms with Crippen LogP contribution in [0.5, 0.6) is 5.75 Å². The molecular formula is C20H20ClN5O3. The van der Waals surface area contributed by atoms with Crippen LogP contribution in [0.3, 0.4) is 0 Å². The highest BCUT2D eigenvalue weighted by atomic mass is 35.5. The Morgan fingerprint density at radius 2 is 2.14 bits per heavy atom. The van der Waals surface area contributed by atoms with Crippen molar-refractivity contribution in [3.05, 3.63) is 53.2 Å². The smallest absolute Gasteiger partial charge is 0.278 e. The van der Waals surface area contributed by atoms with Gasteiger partial charge in [-0.25, -0.2) is 4.98 Å². The van der Waals surface area contributed by atoms with Crippen molar-refractivity contribution < 1.29 is 14.1 Å². The number of aromatic nitrogens is 4. The number of hydrogen-bond donors (Lipinski definition) is 0. The first kappa shape index (κ1) is 19.3. The first-order valence-corrected chi connectivity index (χ1v) is 9.74. The number of hydrogen-bond acceptors (Lipinski definition) is 7. The Hall–Kier alpha value is -3.00. The fourth-order valence-corrected chi connectivity index (χ4v) is 3.36. The van der Waals surface area contributed by atoms with Crippen molar-refractivity contribution in [2.45, 2.75) is 25.7 Å². The zero-order valence-corrected chi connectivity index (χ0v) is 16.7. The number of carbonyl (C=O) groups is 1. The molecular weight excluding hydrogens is 394 g/mol. The quantitative estimate of drug-likeness (QED) is 0.633. The molecule has 1 amide bonds. The predicted octanol–water partition coefficient (Wildman–Crippen LogP) is 3.27. The van der Waals surface area contributed by atoms with Crippen LogP contribution < -0.4 is 4.74 Å². The Labute approximate surface area is 172 Å². The molecule has 4 rings (SSSR count). The van der Waals surface area contributed by atoms with E-state index in [2.05, 4.69) is 20.1 Å². The van der Waals surface area contributed by atoms with E-state index in [4.69, 9.17) is 20.9 Å². The minimum absolute atomic E-state index is 0.00474. The normalized spacial score (nSPS) is 14.8. The van der Waals surface area contributed by atoms with Crippen molar-refractivity contribution in [3.63, 3.8) is 0 Å². The minimum atomic E-state index is -0.0376. The summed E-state index contributed by atoms with van der Waals surface area (Å²) in [4.78, 5) is 26.9. The highest BCUT2D eigenvalue weighted by Gasteiger charge is 2.27. The Bertz CT molecular complexity index is 987. The third kappa shape index (κ3) is 4.54. The van der Waals surface area contributed by atoms with Crippen molar-refractivity contribution in [2.75, 3.05) is 19.7 Å². The summed E-state index contributed by atoms with van der Waals surface area (Å²) < 4.78 is 10.9. The van der Waals surface area contributed by atoms with Gasteiger partial charge in [0.2, 0.25) is 0 Å². The molecule has 1 aromatic carbocycles. The van der Waals surface area contributed by atoms with Gasteiger partial charge in [-0.1, -0.05) is 16.8 Å². The monoisotopic (exact) mass is 413 g/mol. The number of nitrogens with zero attached hydrogens (tertiary/aromatic N) is 5. The molecule has 0 aliphatic carbocycles. The van der Waals surface area contributed by atoms with E-state index in [1.54, 1.807) is 30.7 Å².